The fourth-order valence-electron chi connectivity index (χ4n) is 18.9. The summed E-state index contributed by atoms with van der Waals surface area (Å²) >= 11 is 49.4. The predicted molar refractivity (Wildman–Crippen MR) is 592 cm³/mol. The summed E-state index contributed by atoms with van der Waals surface area (Å²) < 4.78 is 27.9. The van der Waals surface area contributed by atoms with Crippen LogP contribution in [-0.4, -0.2) is 27.4 Å². The number of hydrogen-bond donors (Lipinski definition) is 0. The third-order valence-corrected chi connectivity index (χ3v) is 33.9. The molecule has 0 radical (unpaired) electrons. The van der Waals surface area contributed by atoms with Crippen molar-refractivity contribution in [2.24, 2.45) is 0 Å². The van der Waals surface area contributed by atoms with Crippen LogP contribution in [0.2, 0.25) is 0 Å². The number of benzene rings is 12. The van der Waals surface area contributed by atoms with E-state index < -0.39 is 0 Å². The first-order chi connectivity index (χ1) is 61.1. The van der Waals surface area contributed by atoms with E-state index in [1.165, 1.54) is 131 Å². The van der Waals surface area contributed by atoms with E-state index in [2.05, 4.69) is 479 Å². The summed E-state index contributed by atoms with van der Waals surface area (Å²) in [6.45, 7) is 19.1. The van der Waals surface area contributed by atoms with Gasteiger partial charge >= 0.3 is 0 Å². The number of aryl methyl sites for hydroxylation is 6. The van der Waals surface area contributed by atoms with Crippen molar-refractivity contribution in [3.8, 4) is 0 Å². The minimum atomic E-state index is 0.903. The smallest absolute Gasteiger partial charge is 0.0498 e. The van der Waals surface area contributed by atoms with Crippen LogP contribution in [0.4, 0.5) is 0 Å². The molecule has 24 bridgehead atoms. The van der Waals surface area contributed by atoms with E-state index in [9.17, 15) is 0 Å². The van der Waals surface area contributed by atoms with Crippen molar-refractivity contribution in [2.75, 3.05) is 0 Å². The van der Waals surface area contributed by atoms with Gasteiger partial charge in [0.05, 0.1) is 0 Å². The van der Waals surface area contributed by atoms with Crippen LogP contribution < -0.4 is 0 Å². The molecule has 636 valence electrons. The highest BCUT2D eigenvalue weighted by Gasteiger charge is 2.25. The van der Waals surface area contributed by atoms with E-state index in [0.717, 1.165) is 237 Å². The summed E-state index contributed by atoms with van der Waals surface area (Å²) in [5, 5.41) is 14.7. The van der Waals surface area contributed by atoms with Gasteiger partial charge in [-0.25, -0.2) is 0 Å². The maximum Gasteiger partial charge on any atom is 0.0498 e. The summed E-state index contributed by atoms with van der Waals surface area (Å²) in [5.41, 5.74) is 28.1. The van der Waals surface area contributed by atoms with Crippen LogP contribution in [0, 0.1) is 0 Å². The third kappa shape index (κ3) is 16.5. The molecule has 19 rings (SSSR count). The first-order valence-electron chi connectivity index (χ1n) is 43.9. The van der Waals surface area contributed by atoms with Gasteiger partial charge in [-0.05, 0) is 251 Å². The molecule has 0 atom stereocenters. The van der Waals surface area contributed by atoms with E-state index in [1.807, 2.05) is 0 Å². The van der Waals surface area contributed by atoms with Gasteiger partial charge in [0.1, 0.15) is 0 Å². The van der Waals surface area contributed by atoms with Crippen LogP contribution in [0.15, 0.2) is 199 Å². The van der Waals surface area contributed by atoms with Crippen molar-refractivity contribution in [2.45, 2.75) is 158 Å². The van der Waals surface area contributed by atoms with Crippen molar-refractivity contribution in [1.29, 1.82) is 0 Å². The molecule has 0 saturated carbocycles. The van der Waals surface area contributed by atoms with Crippen LogP contribution in [0.3, 0.4) is 0 Å². The van der Waals surface area contributed by atoms with Gasteiger partial charge in [0.25, 0.3) is 0 Å². The molecule has 0 saturated heterocycles. The Balaban J connectivity index is 0.756. The van der Waals surface area contributed by atoms with Gasteiger partial charge in [0, 0.05) is 224 Å². The molecule has 1 aliphatic heterocycles. The minimum absolute atomic E-state index is 0.903. The summed E-state index contributed by atoms with van der Waals surface area (Å²) in [6.07, 6.45) is 40.2. The Bertz CT molecular complexity index is 6180. The van der Waals surface area contributed by atoms with Crippen LogP contribution in [0.1, 0.15) is 185 Å². The topological polar surface area (TPSA) is 29.6 Å². The Hall–Kier alpha value is -6.36. The Morgan fingerprint density at radius 3 is 0.310 bits per heavy atom. The lowest BCUT2D eigenvalue weighted by Crippen LogP contribution is -1.98. The number of halogens is 12. The maximum atomic E-state index is 4.12. The zero-order chi connectivity index (χ0) is 87.4. The molecule has 0 spiro atoms. The number of hydrogen-bond acceptors (Lipinski definition) is 0. The van der Waals surface area contributed by atoms with Gasteiger partial charge in [-0.15, -0.1) is 0 Å². The molecule has 6 nitrogen and oxygen atoms in total. The first kappa shape index (κ1) is 88.9. The third-order valence-electron chi connectivity index (χ3n) is 25.7. The predicted octanol–water partition coefficient (Wildman–Crippen LogP) is 39.6. The molecule has 7 heterocycles. The summed E-state index contributed by atoms with van der Waals surface area (Å²) in [4.78, 5) is 0. The Kier molecular flexibility index (Phi) is 26.4. The fraction of sp³-hybridized carbons (Fsp3) is 0.222. The van der Waals surface area contributed by atoms with Crippen molar-refractivity contribution < 1.29 is 0 Å². The van der Waals surface area contributed by atoms with E-state index in [4.69, 9.17) is 0 Å². The second-order valence-corrected chi connectivity index (χ2v) is 44.0. The quantitative estimate of drug-likeness (QED) is 0.0820. The van der Waals surface area contributed by atoms with Gasteiger partial charge in [-0.2, -0.15) is 0 Å². The minimum Gasteiger partial charge on any atom is -0.340 e. The highest BCUT2D eigenvalue weighted by molar-refractivity contribution is 9.12. The molecule has 18 heteroatoms. The SMILES string of the molecule is CCCCn1c2cc3c(Br)cc2c2cc(Br)c(cc21)/C=C\c1cc2c(cc1Br)c1cc(Br)c(cc1n2CCCC)/C=C\c1cc2c(cc1Br)c1cc(Br)c(cc1n2CCCC)/C=C/c1cc2c(cc1Br)c1cc(Br)c(cc1n2CCCC)/C=C\c1cc2c(cc1Br)c1cc(Br)c(cc1n2CCCC)/C=C\c1cc2c(cc1Br)c1cc(Br)c(cc1n2CCCC)/C=C\3. The lowest BCUT2D eigenvalue weighted by molar-refractivity contribution is 0.665. The second kappa shape index (κ2) is 37.4. The van der Waals surface area contributed by atoms with E-state index >= 15 is 0 Å². The summed E-state index contributed by atoms with van der Waals surface area (Å²) in [6, 6.07) is 56.6. The number of rotatable bonds is 18. The van der Waals surface area contributed by atoms with Gasteiger partial charge in [-0.1, -0.05) is 344 Å². The van der Waals surface area contributed by atoms with Gasteiger partial charge in [0.2, 0.25) is 0 Å². The van der Waals surface area contributed by atoms with Gasteiger partial charge in [0.15, 0.2) is 0 Å². The lowest BCUT2D eigenvalue weighted by Gasteiger charge is -2.10. The number of unbranched alkanes of at least 4 members (excludes halogenated alkanes) is 6. The standard InChI is InChI=1S/C108H90Br12N6/c1-7-13-31-121-97-37-61-19-21-63-39-99-75(51-87(63)111)77-53-89(113)65(41-101(77)122(99)32-14-8-2)23-25-67-43-103-79(55-91(67)115)81-57-93(117)69(45-105(81)124(103)34-16-10-4)27-29-71-47-107-83(59-95(71)119)84-60-96(120)72(48-108(84)126(107)36-18-12-6)30-28-70-46-106-82(58-94(70)118)80-56-92(116)68(44-104(80)125(106)35-17-11-5)26-24-66-42-102-78(54-90(66)114)76-52-88(112)64(40-100(76)123(102)33-15-9-3)22-20-62-38-98(121)74(50-86(62)110)73(97)49-85(61)109/h19-30,37-60H,7-18,31-36H2,1-6H3/b21-19-,22-20-,25-23-,26-24-,29-27-,30-28+,61-19?,62-20?,63-21?,64-22?,65-23?,66-24?,67-25?,68-26?,69-27?,70-28?,71-29?,72-30?. The Labute approximate surface area is 836 Å². The number of fused-ring (bicyclic) bond motifs is 18. The highest BCUT2D eigenvalue weighted by Crippen LogP contribution is 2.47. The van der Waals surface area contributed by atoms with Crippen LogP contribution in [0.5, 0.6) is 0 Å². The summed E-state index contributed by atoms with van der Waals surface area (Å²) in [7, 11) is 0. The Morgan fingerprint density at radius 2 is 0.230 bits per heavy atom. The van der Waals surface area contributed by atoms with Crippen LogP contribution in [-0.2, 0) is 39.3 Å². The molecule has 6 aromatic heterocycles. The monoisotopic (exact) mass is 2420 g/mol. The first-order valence-corrected chi connectivity index (χ1v) is 53.4. The van der Waals surface area contributed by atoms with E-state index in [0.29, 0.717) is 0 Å². The van der Waals surface area contributed by atoms with Crippen LogP contribution in [0.25, 0.3) is 204 Å². The lowest BCUT2D eigenvalue weighted by atomic mass is 10.0. The molecule has 0 amide bonds. The van der Waals surface area contributed by atoms with Crippen molar-refractivity contribution >= 4 is 395 Å². The number of nitrogens with zero attached hydrogens (tertiary/aromatic N) is 6. The van der Waals surface area contributed by atoms with Crippen molar-refractivity contribution in [3.63, 3.8) is 0 Å². The largest absolute Gasteiger partial charge is 0.340 e. The molecule has 126 heavy (non-hydrogen) atoms. The van der Waals surface area contributed by atoms with E-state index in [-0.39, 0.29) is 0 Å². The van der Waals surface area contributed by atoms with Gasteiger partial charge in [-0.3, -0.25) is 0 Å². The molecule has 12 aromatic carbocycles. The zero-order valence-electron chi connectivity index (χ0n) is 70.7. The molecular weight excluding hydrogens is 2340 g/mol. The fourth-order valence-corrected chi connectivity index (χ4v) is 24.6. The number of aromatic nitrogens is 6. The van der Waals surface area contributed by atoms with Crippen LogP contribution >= 0.6 is 191 Å². The van der Waals surface area contributed by atoms with Crippen molar-refractivity contribution in [3.05, 3.63) is 266 Å². The molecular formula is C108H90Br12N6. The molecule has 0 unspecified atom stereocenters. The second-order valence-electron chi connectivity index (χ2n) is 33.7. The average Bonchev–Trinajstić information content (AvgIpc) is 1.61. The maximum absolute atomic E-state index is 4.12. The highest BCUT2D eigenvalue weighted by atomic mass is 79.9. The molecule has 0 fully saturated rings. The van der Waals surface area contributed by atoms with E-state index in [1.54, 1.807) is 0 Å². The Morgan fingerprint density at radius 1 is 0.143 bits per heavy atom. The normalized spacial score (nSPS) is 14.4. The van der Waals surface area contributed by atoms with Crippen molar-refractivity contribution in [1.82, 2.24) is 27.4 Å². The molecule has 0 N–H and O–H groups in total. The summed E-state index contributed by atoms with van der Waals surface area (Å²) in [5.74, 6) is 0. The molecule has 0 aliphatic carbocycles. The zero-order valence-corrected chi connectivity index (χ0v) is 89.8. The average molecular weight is 2430 g/mol. The van der Waals surface area contributed by atoms with Gasteiger partial charge < -0.3 is 27.4 Å². The molecule has 18 aromatic rings. The molecule has 1 aliphatic rings.